The van der Waals surface area contributed by atoms with Gasteiger partial charge in [-0.15, -0.1) is 11.3 Å². The van der Waals surface area contributed by atoms with Gasteiger partial charge in [0.15, 0.2) is 0 Å². The van der Waals surface area contributed by atoms with Crippen LogP contribution in [0.5, 0.6) is 0 Å². The van der Waals surface area contributed by atoms with Crippen LogP contribution in [0, 0.1) is 0 Å². The van der Waals surface area contributed by atoms with E-state index in [0.29, 0.717) is 5.92 Å². The molecule has 46 heavy (non-hydrogen) atoms. The van der Waals surface area contributed by atoms with Crippen LogP contribution in [0.2, 0.25) is 0 Å². The molecule has 0 aliphatic heterocycles. The standard InChI is InChI=1S/C44H33NS/c1-2-10-30(11-3-1)31-18-20-32(21-19-31)35-26-36(28-37(27-35)44-29-34-12-4-9-17-43(34)46-44)33-22-24-38(25-23-33)45-41-15-7-5-13-39(41)40-14-6-8-16-42(40)45/h1-5,7-13,15-20,22-29,32H,6,14,21H2. The van der Waals surface area contributed by atoms with Crippen LogP contribution in [-0.2, 0) is 6.42 Å². The minimum atomic E-state index is 0.337. The molecule has 0 fully saturated rings. The second-order valence-corrected chi connectivity index (χ2v) is 13.5. The van der Waals surface area contributed by atoms with Gasteiger partial charge in [-0.1, -0.05) is 109 Å². The van der Waals surface area contributed by atoms with Crippen LogP contribution in [0.3, 0.4) is 0 Å². The Morgan fingerprint density at radius 3 is 2.30 bits per heavy atom. The molecule has 0 saturated heterocycles. The van der Waals surface area contributed by atoms with E-state index in [-0.39, 0.29) is 0 Å². The number of fused-ring (bicyclic) bond motifs is 4. The number of thiophene rings is 1. The SMILES string of the molecule is C1=Cc2c(c3ccccc3n2-c2ccc(-c3cc(-c4cc5ccccc5s4)cc(C4C=CC(c5ccccc5)=CC4)c3)cc2)CC1. The van der Waals surface area contributed by atoms with Crippen LogP contribution in [0.25, 0.3) is 59.9 Å². The maximum atomic E-state index is 2.44. The van der Waals surface area contributed by atoms with Crippen LogP contribution >= 0.6 is 11.3 Å². The average molecular weight is 608 g/mol. The van der Waals surface area contributed by atoms with E-state index in [4.69, 9.17) is 0 Å². The van der Waals surface area contributed by atoms with Gasteiger partial charge in [0, 0.05) is 32.3 Å². The molecule has 2 aliphatic carbocycles. The molecule has 2 aliphatic rings. The number of benzene rings is 5. The zero-order valence-electron chi connectivity index (χ0n) is 25.6. The summed E-state index contributed by atoms with van der Waals surface area (Å²) in [5.41, 5.74) is 13.0. The van der Waals surface area contributed by atoms with Crippen molar-refractivity contribution in [3.05, 3.63) is 174 Å². The molecule has 2 heteroatoms. The summed E-state index contributed by atoms with van der Waals surface area (Å²) in [6.07, 6.45) is 14.9. The summed E-state index contributed by atoms with van der Waals surface area (Å²) in [4.78, 5) is 1.32. The third kappa shape index (κ3) is 4.78. The van der Waals surface area contributed by atoms with Crippen LogP contribution in [0.15, 0.2) is 152 Å². The highest BCUT2D eigenvalue weighted by Crippen LogP contribution is 2.40. The lowest BCUT2D eigenvalue weighted by Gasteiger charge is -2.19. The Kier molecular flexibility index (Phi) is 6.68. The molecule has 9 rings (SSSR count). The van der Waals surface area contributed by atoms with Gasteiger partial charge in [0.2, 0.25) is 0 Å². The first kappa shape index (κ1) is 27.2. The molecule has 1 atom stereocenters. The van der Waals surface area contributed by atoms with E-state index in [1.165, 1.54) is 76.2 Å². The van der Waals surface area contributed by atoms with Crippen LogP contribution in [-0.4, -0.2) is 4.57 Å². The van der Waals surface area contributed by atoms with Crippen LogP contribution in [0.4, 0.5) is 0 Å². The van der Waals surface area contributed by atoms with E-state index in [9.17, 15) is 0 Å². The predicted octanol–water partition coefficient (Wildman–Crippen LogP) is 12.3. The molecular formula is C44H33NS. The van der Waals surface area contributed by atoms with E-state index < -0.39 is 0 Å². The van der Waals surface area contributed by atoms with Gasteiger partial charge in [0.25, 0.3) is 0 Å². The number of hydrogen-bond donors (Lipinski definition) is 0. The van der Waals surface area contributed by atoms with Crippen molar-refractivity contribution in [2.45, 2.75) is 25.2 Å². The topological polar surface area (TPSA) is 4.93 Å². The van der Waals surface area contributed by atoms with Crippen LogP contribution in [0.1, 0.15) is 41.1 Å². The second-order valence-electron chi connectivity index (χ2n) is 12.4. The highest BCUT2D eigenvalue weighted by molar-refractivity contribution is 7.22. The molecular weight excluding hydrogens is 575 g/mol. The summed E-state index contributed by atoms with van der Waals surface area (Å²) in [5, 5.41) is 2.68. The molecule has 0 amide bonds. The molecule has 0 N–H and O–H groups in total. The van der Waals surface area contributed by atoms with E-state index in [1.54, 1.807) is 0 Å². The molecule has 2 aromatic heterocycles. The number of aromatic nitrogens is 1. The molecule has 1 unspecified atom stereocenters. The largest absolute Gasteiger partial charge is 0.310 e. The predicted molar refractivity (Wildman–Crippen MR) is 198 cm³/mol. The zero-order valence-corrected chi connectivity index (χ0v) is 26.4. The summed E-state index contributed by atoms with van der Waals surface area (Å²) < 4.78 is 3.77. The summed E-state index contributed by atoms with van der Waals surface area (Å²) in [5.74, 6) is 0.337. The summed E-state index contributed by atoms with van der Waals surface area (Å²) in [6.45, 7) is 0. The quantitative estimate of drug-likeness (QED) is 0.183. The number of para-hydroxylation sites is 1. The normalized spacial score (nSPS) is 15.7. The van der Waals surface area contributed by atoms with Gasteiger partial charge in [-0.2, -0.15) is 0 Å². The third-order valence-corrected chi connectivity index (χ3v) is 10.8. The van der Waals surface area contributed by atoms with Crippen molar-refractivity contribution in [3.63, 3.8) is 0 Å². The van der Waals surface area contributed by atoms with Gasteiger partial charge < -0.3 is 4.57 Å². The third-order valence-electron chi connectivity index (χ3n) is 9.62. The molecule has 1 nitrogen and oxygen atoms in total. The molecule has 2 heterocycles. The van der Waals surface area contributed by atoms with Gasteiger partial charge in [-0.25, -0.2) is 0 Å². The summed E-state index contributed by atoms with van der Waals surface area (Å²) in [6, 6.07) is 47.1. The Balaban J connectivity index is 1.12. The fourth-order valence-corrected chi connectivity index (χ4v) is 8.33. The second kappa shape index (κ2) is 11.3. The van der Waals surface area contributed by atoms with Gasteiger partial charge in [0.1, 0.15) is 0 Å². The van der Waals surface area contributed by atoms with Crippen molar-refractivity contribution in [2.75, 3.05) is 0 Å². The molecule has 0 radical (unpaired) electrons. The molecule has 5 aromatic carbocycles. The van der Waals surface area contributed by atoms with E-state index in [2.05, 4.69) is 162 Å². The van der Waals surface area contributed by atoms with Gasteiger partial charge in [-0.05, 0) is 112 Å². The fraction of sp³-hybridized carbons (Fsp3) is 0.0909. The van der Waals surface area contributed by atoms with Crippen molar-refractivity contribution in [2.24, 2.45) is 0 Å². The first-order valence-electron chi connectivity index (χ1n) is 16.3. The van der Waals surface area contributed by atoms with Crippen molar-refractivity contribution < 1.29 is 0 Å². The number of allylic oxidation sites excluding steroid dienone is 5. The smallest absolute Gasteiger partial charge is 0.0537 e. The van der Waals surface area contributed by atoms with Crippen molar-refractivity contribution >= 4 is 44.0 Å². The number of nitrogens with zero attached hydrogens (tertiary/aromatic N) is 1. The lowest BCUT2D eigenvalue weighted by Crippen LogP contribution is -2.01. The molecule has 0 spiro atoms. The van der Waals surface area contributed by atoms with E-state index in [0.717, 1.165) is 19.3 Å². The Morgan fingerprint density at radius 1 is 0.652 bits per heavy atom. The van der Waals surface area contributed by atoms with Gasteiger partial charge in [-0.3, -0.25) is 0 Å². The maximum absolute atomic E-state index is 2.44. The molecule has 0 bridgehead atoms. The Hall–Kier alpha value is -5.18. The lowest BCUT2D eigenvalue weighted by atomic mass is 9.86. The maximum Gasteiger partial charge on any atom is 0.0537 e. The Labute approximate surface area is 274 Å². The molecule has 0 saturated carbocycles. The average Bonchev–Trinajstić information content (AvgIpc) is 3.72. The first-order chi connectivity index (χ1) is 22.8. The molecule has 7 aromatic rings. The van der Waals surface area contributed by atoms with Gasteiger partial charge >= 0.3 is 0 Å². The van der Waals surface area contributed by atoms with Crippen molar-refractivity contribution in [1.82, 2.24) is 4.57 Å². The number of rotatable bonds is 5. The zero-order chi connectivity index (χ0) is 30.5. The highest BCUT2D eigenvalue weighted by Gasteiger charge is 2.19. The minimum Gasteiger partial charge on any atom is -0.310 e. The number of hydrogen-bond acceptors (Lipinski definition) is 1. The van der Waals surface area contributed by atoms with Crippen molar-refractivity contribution in [3.8, 4) is 27.3 Å². The van der Waals surface area contributed by atoms with E-state index in [1.807, 2.05) is 11.3 Å². The fourth-order valence-electron chi connectivity index (χ4n) is 7.28. The van der Waals surface area contributed by atoms with Crippen molar-refractivity contribution in [1.29, 1.82) is 0 Å². The lowest BCUT2D eigenvalue weighted by molar-refractivity contribution is 0.857. The number of aryl methyl sites for hydroxylation is 1. The first-order valence-corrected chi connectivity index (χ1v) is 17.1. The summed E-state index contributed by atoms with van der Waals surface area (Å²) in [7, 11) is 0. The minimum absolute atomic E-state index is 0.337. The van der Waals surface area contributed by atoms with Crippen LogP contribution < -0.4 is 0 Å². The Bertz CT molecular complexity index is 2290. The van der Waals surface area contributed by atoms with E-state index >= 15 is 0 Å². The van der Waals surface area contributed by atoms with Gasteiger partial charge in [0.05, 0.1) is 5.52 Å². The summed E-state index contributed by atoms with van der Waals surface area (Å²) >= 11 is 1.88. The Morgan fingerprint density at radius 2 is 1.46 bits per heavy atom. The highest BCUT2D eigenvalue weighted by atomic mass is 32.1. The monoisotopic (exact) mass is 607 g/mol. The molecule has 220 valence electrons.